The van der Waals surface area contributed by atoms with Gasteiger partial charge in [-0.3, -0.25) is 4.18 Å². The molecule has 8 nitrogen and oxygen atoms in total. The molecule has 0 aromatic carbocycles. The zero-order valence-electron chi connectivity index (χ0n) is 14.6. The minimum absolute atomic E-state index is 0. The molecule has 3 rings (SSSR count). The Labute approximate surface area is 186 Å². The molecule has 1 fully saturated rings. The molecule has 138 valence electrons. The van der Waals surface area contributed by atoms with Gasteiger partial charge in [-0.25, -0.2) is 18.4 Å². The molecule has 1 saturated heterocycles. The van der Waals surface area contributed by atoms with Crippen molar-refractivity contribution >= 4 is 38.1 Å². The van der Waals surface area contributed by atoms with Crippen LogP contribution in [0.25, 0.3) is 0 Å². The Morgan fingerprint density at radius 2 is 2.08 bits per heavy atom. The summed E-state index contributed by atoms with van der Waals surface area (Å²) in [6.45, 7) is 5.24. The maximum atomic E-state index is 11.2. The van der Waals surface area contributed by atoms with Crippen LogP contribution in [0.1, 0.15) is 19.5 Å². The number of fused-ring (bicyclic) bond motifs is 1. The van der Waals surface area contributed by atoms with Crippen molar-refractivity contribution in [3.8, 4) is 0 Å². The van der Waals surface area contributed by atoms with Crippen molar-refractivity contribution in [2.45, 2.75) is 55.3 Å². The molecule has 12 heteroatoms. The van der Waals surface area contributed by atoms with E-state index in [4.69, 9.17) is 13.7 Å². The molecule has 0 radical (unpaired) electrons. The van der Waals surface area contributed by atoms with Gasteiger partial charge in [-0.1, -0.05) is 33.8 Å². The van der Waals surface area contributed by atoms with Crippen LogP contribution in [0.4, 0.5) is 0 Å². The zero-order chi connectivity index (χ0) is 18.4. The summed E-state index contributed by atoms with van der Waals surface area (Å²) in [6.07, 6.45) is 0.952. The predicted molar refractivity (Wildman–Crippen MR) is 91.8 cm³/mol. The van der Waals surface area contributed by atoms with E-state index in [0.29, 0.717) is 9.64 Å². The molecule has 0 saturated carbocycles. The quantitative estimate of drug-likeness (QED) is 0.232. The van der Waals surface area contributed by atoms with Crippen molar-refractivity contribution in [3.63, 3.8) is 0 Å². The van der Waals surface area contributed by atoms with Crippen LogP contribution in [0, 0.1) is 6.92 Å². The first kappa shape index (κ1) is 22.7. The third-order valence-corrected chi connectivity index (χ3v) is 5.87. The molecule has 26 heavy (non-hydrogen) atoms. The standard InChI is InChI=1S/C14H17BrN2O6S2.Na/c1-7-4-5-16-13(17-7)24-9-6-8(15)10-12(22-14(2,3)21-10)11(9)23-25(18,19)20;/h4-6,9-12H,1-3H3,(H,18,19,20);/q;+1/p-1/t9-,10+,11+,12+;/m0./s1. The van der Waals surface area contributed by atoms with Crippen LogP contribution in [0.3, 0.4) is 0 Å². The average molecular weight is 475 g/mol. The van der Waals surface area contributed by atoms with Gasteiger partial charge in [-0.15, -0.1) is 0 Å². The minimum atomic E-state index is -4.93. The van der Waals surface area contributed by atoms with Gasteiger partial charge in [0, 0.05) is 16.4 Å². The molecule has 1 aliphatic heterocycles. The number of ether oxygens (including phenoxy) is 2. The Morgan fingerprint density at radius 3 is 2.69 bits per heavy atom. The van der Waals surface area contributed by atoms with Gasteiger partial charge in [0.2, 0.25) is 10.4 Å². The van der Waals surface area contributed by atoms with Gasteiger partial charge in [0.1, 0.15) is 18.3 Å². The van der Waals surface area contributed by atoms with Crippen LogP contribution in [-0.2, 0) is 24.1 Å². The Balaban J connectivity index is 0.00000243. The number of hydrogen-bond donors (Lipinski definition) is 0. The maximum Gasteiger partial charge on any atom is 1.00 e. The Kier molecular flexibility index (Phi) is 7.37. The fraction of sp³-hybridized carbons (Fsp3) is 0.571. The first-order valence-corrected chi connectivity index (χ1v) is 10.4. The molecule has 4 atom stereocenters. The molecule has 1 aromatic rings. The van der Waals surface area contributed by atoms with Gasteiger partial charge >= 0.3 is 29.6 Å². The fourth-order valence-electron chi connectivity index (χ4n) is 2.73. The summed E-state index contributed by atoms with van der Waals surface area (Å²) >= 11 is 4.63. The van der Waals surface area contributed by atoms with E-state index in [1.54, 1.807) is 32.2 Å². The first-order chi connectivity index (χ1) is 11.5. The van der Waals surface area contributed by atoms with Crippen LogP contribution in [0.2, 0.25) is 0 Å². The van der Waals surface area contributed by atoms with E-state index in [-0.39, 0.29) is 29.6 Å². The zero-order valence-corrected chi connectivity index (χ0v) is 19.8. The van der Waals surface area contributed by atoms with Crippen molar-refractivity contribution in [1.29, 1.82) is 0 Å². The molecular formula is C14H16BrN2NaO6S2. The van der Waals surface area contributed by atoms with E-state index in [0.717, 1.165) is 5.69 Å². The molecule has 0 unspecified atom stereocenters. The normalized spacial score (nSPS) is 30.3. The van der Waals surface area contributed by atoms with Crippen molar-refractivity contribution in [2.75, 3.05) is 0 Å². The molecule has 0 bridgehead atoms. The fourth-order valence-corrected chi connectivity index (χ4v) is 5.23. The van der Waals surface area contributed by atoms with E-state index in [9.17, 15) is 13.0 Å². The largest absolute Gasteiger partial charge is 1.00 e. The van der Waals surface area contributed by atoms with Crippen LogP contribution >= 0.6 is 27.7 Å². The van der Waals surface area contributed by atoms with Gasteiger partial charge in [0.25, 0.3) is 0 Å². The van der Waals surface area contributed by atoms with E-state index in [1.165, 1.54) is 11.8 Å². The third-order valence-electron chi connectivity index (χ3n) is 3.62. The van der Waals surface area contributed by atoms with E-state index in [1.807, 2.05) is 6.92 Å². The third kappa shape index (κ3) is 5.49. The molecule has 1 aromatic heterocycles. The summed E-state index contributed by atoms with van der Waals surface area (Å²) < 4.78 is 50.8. The molecule has 0 spiro atoms. The average Bonchev–Trinajstić information content (AvgIpc) is 2.78. The summed E-state index contributed by atoms with van der Waals surface area (Å²) in [5.74, 6) is -0.935. The number of hydrogen-bond acceptors (Lipinski definition) is 9. The van der Waals surface area contributed by atoms with Gasteiger partial charge < -0.3 is 14.0 Å². The summed E-state index contributed by atoms with van der Waals surface area (Å²) in [5, 5.41) is -0.117. The Bertz CT molecular complexity index is 806. The summed E-state index contributed by atoms with van der Waals surface area (Å²) in [4.78, 5) is 8.45. The van der Waals surface area contributed by atoms with Crippen molar-refractivity contribution in [2.24, 2.45) is 0 Å². The van der Waals surface area contributed by atoms with Crippen LogP contribution < -0.4 is 29.6 Å². The second-order valence-corrected chi connectivity index (χ2v) is 9.17. The minimum Gasteiger partial charge on any atom is -0.726 e. The number of rotatable bonds is 4. The number of aromatic nitrogens is 2. The first-order valence-electron chi connectivity index (χ1n) is 7.37. The van der Waals surface area contributed by atoms with Gasteiger partial charge in [0.15, 0.2) is 10.9 Å². The summed E-state index contributed by atoms with van der Waals surface area (Å²) in [7, 11) is -4.93. The summed E-state index contributed by atoms with van der Waals surface area (Å²) in [6, 6.07) is 1.75. The Morgan fingerprint density at radius 1 is 1.38 bits per heavy atom. The van der Waals surface area contributed by atoms with Gasteiger partial charge in [-0.05, 0) is 26.8 Å². The topological polar surface area (TPSA) is 111 Å². The number of halogens is 1. The van der Waals surface area contributed by atoms with Crippen molar-refractivity contribution in [3.05, 3.63) is 28.5 Å². The number of nitrogens with zero attached hydrogens (tertiary/aromatic N) is 2. The molecule has 2 aliphatic rings. The number of aryl methyl sites for hydroxylation is 1. The van der Waals surface area contributed by atoms with Gasteiger partial charge in [-0.2, -0.15) is 0 Å². The monoisotopic (exact) mass is 474 g/mol. The SMILES string of the molecule is Cc1ccnc(S[C@H]2C=C(Br)[C@H]3OC(C)(C)O[C@H]3[C@@H]2OS(=O)(=O)[O-])n1.[Na+]. The molecule has 0 amide bonds. The molecule has 0 N–H and O–H groups in total. The van der Waals surface area contributed by atoms with Crippen molar-refractivity contribution in [1.82, 2.24) is 9.97 Å². The number of thioether (sulfide) groups is 1. The van der Waals surface area contributed by atoms with E-state index >= 15 is 0 Å². The van der Waals surface area contributed by atoms with Gasteiger partial charge in [0.05, 0.1) is 5.25 Å². The van der Waals surface area contributed by atoms with Crippen LogP contribution in [0.5, 0.6) is 0 Å². The van der Waals surface area contributed by atoms with Crippen molar-refractivity contribution < 1.29 is 56.2 Å². The second kappa shape index (κ2) is 8.44. The summed E-state index contributed by atoms with van der Waals surface area (Å²) in [5.41, 5.74) is 0.768. The van der Waals surface area contributed by atoms with Crippen LogP contribution in [-0.4, -0.2) is 52.3 Å². The molecular weight excluding hydrogens is 459 g/mol. The van der Waals surface area contributed by atoms with E-state index < -0.39 is 39.7 Å². The second-order valence-electron chi connectivity index (χ2n) is 6.10. The molecule has 2 heterocycles. The van der Waals surface area contributed by atoms with E-state index in [2.05, 4.69) is 25.9 Å². The predicted octanol–water partition coefficient (Wildman–Crippen LogP) is -1.09. The maximum absolute atomic E-state index is 11.2. The smallest absolute Gasteiger partial charge is 0.726 e. The Hall–Kier alpha value is 0.440. The van der Waals surface area contributed by atoms with Crippen LogP contribution in [0.15, 0.2) is 28.0 Å². The molecule has 1 aliphatic carbocycles.